The van der Waals surface area contributed by atoms with Gasteiger partial charge < -0.3 is 15.5 Å². The molecule has 2 unspecified atom stereocenters. The normalized spacial score (nSPS) is 14.2. The summed E-state index contributed by atoms with van der Waals surface area (Å²) >= 11 is 0. The molecule has 6 nitrogen and oxygen atoms in total. The molecule has 16 heavy (non-hydrogen) atoms. The molecule has 2 atom stereocenters. The van der Waals surface area contributed by atoms with Gasteiger partial charge in [-0.15, -0.1) is 0 Å². The summed E-state index contributed by atoms with van der Waals surface area (Å²) in [5.41, 5.74) is 0.317. The van der Waals surface area contributed by atoms with Gasteiger partial charge in [0.15, 0.2) is 0 Å². The van der Waals surface area contributed by atoms with Gasteiger partial charge in [-0.3, -0.25) is 14.8 Å². The summed E-state index contributed by atoms with van der Waals surface area (Å²) < 4.78 is 0. The first-order valence-electron chi connectivity index (χ1n) is 4.97. The van der Waals surface area contributed by atoms with Gasteiger partial charge in [0.1, 0.15) is 6.10 Å². The molecule has 0 aromatic carbocycles. The van der Waals surface area contributed by atoms with Gasteiger partial charge in [0.25, 0.3) is 0 Å². The zero-order valence-electron chi connectivity index (χ0n) is 9.00. The van der Waals surface area contributed by atoms with Gasteiger partial charge in [-0.05, 0) is 6.42 Å². The van der Waals surface area contributed by atoms with Crippen molar-refractivity contribution < 1.29 is 15.0 Å². The van der Waals surface area contributed by atoms with E-state index in [9.17, 15) is 15.0 Å². The van der Waals surface area contributed by atoms with E-state index in [0.29, 0.717) is 12.2 Å². The van der Waals surface area contributed by atoms with Gasteiger partial charge in [0.2, 0.25) is 5.91 Å². The molecular weight excluding hydrogens is 210 g/mol. The molecule has 1 rings (SSSR count). The smallest absolute Gasteiger partial charge is 0.216 e. The molecule has 0 aliphatic heterocycles. The summed E-state index contributed by atoms with van der Waals surface area (Å²) in [5, 5.41) is 21.8. The second-order valence-corrected chi connectivity index (χ2v) is 3.41. The van der Waals surface area contributed by atoms with Crippen LogP contribution in [0.25, 0.3) is 0 Å². The fourth-order valence-corrected chi connectivity index (χ4v) is 1.21. The lowest BCUT2D eigenvalue weighted by Crippen LogP contribution is -2.28. The van der Waals surface area contributed by atoms with Crippen LogP contribution in [-0.2, 0) is 4.79 Å². The number of carbonyl (C=O) groups excluding carboxylic acids is 1. The number of hydrogen-bond acceptors (Lipinski definition) is 5. The third-order valence-corrected chi connectivity index (χ3v) is 2.06. The molecule has 6 heteroatoms. The zero-order chi connectivity index (χ0) is 12.0. The van der Waals surface area contributed by atoms with Crippen molar-refractivity contribution in [3.8, 4) is 0 Å². The van der Waals surface area contributed by atoms with Crippen LogP contribution in [0.5, 0.6) is 0 Å². The maximum absolute atomic E-state index is 10.6. The third kappa shape index (κ3) is 3.92. The van der Waals surface area contributed by atoms with E-state index >= 15 is 0 Å². The largest absolute Gasteiger partial charge is 0.390 e. The first-order chi connectivity index (χ1) is 7.61. The average Bonchev–Trinajstić information content (AvgIpc) is 2.28. The van der Waals surface area contributed by atoms with Crippen molar-refractivity contribution in [2.24, 2.45) is 0 Å². The number of rotatable bonds is 5. The lowest BCUT2D eigenvalue weighted by Gasteiger charge is -2.16. The molecule has 0 spiro atoms. The average molecular weight is 225 g/mol. The number of nitrogens with one attached hydrogen (secondary N) is 1. The van der Waals surface area contributed by atoms with Gasteiger partial charge >= 0.3 is 0 Å². The molecule has 0 fully saturated rings. The highest BCUT2D eigenvalue weighted by atomic mass is 16.3. The van der Waals surface area contributed by atoms with Crippen LogP contribution < -0.4 is 5.32 Å². The van der Waals surface area contributed by atoms with Crippen molar-refractivity contribution in [1.82, 2.24) is 15.3 Å². The van der Waals surface area contributed by atoms with Crippen molar-refractivity contribution in [3.63, 3.8) is 0 Å². The molecule has 0 radical (unpaired) electrons. The van der Waals surface area contributed by atoms with E-state index in [4.69, 9.17) is 0 Å². The first-order valence-corrected chi connectivity index (χ1v) is 4.97. The first kappa shape index (κ1) is 12.5. The molecule has 0 saturated heterocycles. The molecule has 1 aromatic rings. The highest BCUT2D eigenvalue weighted by Crippen LogP contribution is 2.14. The highest BCUT2D eigenvalue weighted by Gasteiger charge is 2.19. The van der Waals surface area contributed by atoms with Crippen molar-refractivity contribution >= 4 is 5.91 Å². The Balaban J connectivity index is 2.42. The lowest BCUT2D eigenvalue weighted by molar-refractivity contribution is -0.119. The topological polar surface area (TPSA) is 95.3 Å². The van der Waals surface area contributed by atoms with E-state index in [1.165, 1.54) is 25.5 Å². The van der Waals surface area contributed by atoms with Crippen molar-refractivity contribution in [3.05, 3.63) is 24.3 Å². The summed E-state index contributed by atoms with van der Waals surface area (Å²) in [4.78, 5) is 18.3. The van der Waals surface area contributed by atoms with Crippen molar-refractivity contribution in [1.29, 1.82) is 0 Å². The fourth-order valence-electron chi connectivity index (χ4n) is 1.21. The lowest BCUT2D eigenvalue weighted by atomic mass is 10.1. The van der Waals surface area contributed by atoms with Crippen LogP contribution in [0.2, 0.25) is 0 Å². The second-order valence-electron chi connectivity index (χ2n) is 3.41. The molecule has 1 aromatic heterocycles. The Kier molecular flexibility index (Phi) is 4.81. The Bertz CT molecular complexity index is 331. The Labute approximate surface area is 93.4 Å². The van der Waals surface area contributed by atoms with E-state index in [2.05, 4.69) is 15.3 Å². The Hall–Kier alpha value is -1.53. The number of carbonyl (C=O) groups is 1. The number of hydrogen-bond donors (Lipinski definition) is 3. The zero-order valence-corrected chi connectivity index (χ0v) is 9.00. The maximum Gasteiger partial charge on any atom is 0.216 e. The van der Waals surface area contributed by atoms with Crippen LogP contribution >= 0.6 is 0 Å². The minimum atomic E-state index is -1.08. The van der Waals surface area contributed by atoms with Crippen molar-refractivity contribution in [2.75, 3.05) is 6.54 Å². The fraction of sp³-hybridized carbons (Fsp3) is 0.500. The minimum absolute atomic E-state index is 0.166. The summed E-state index contributed by atoms with van der Waals surface area (Å²) in [6.07, 6.45) is 2.54. The summed E-state index contributed by atoms with van der Waals surface area (Å²) in [6.45, 7) is 1.71. The quantitative estimate of drug-likeness (QED) is 0.621. The molecule has 88 valence electrons. The molecular formula is C10H15N3O3. The number of aromatic nitrogens is 2. The summed E-state index contributed by atoms with van der Waals surface area (Å²) in [7, 11) is 0. The van der Waals surface area contributed by atoms with E-state index in [0.717, 1.165) is 0 Å². The van der Waals surface area contributed by atoms with Crippen LogP contribution in [-0.4, -0.2) is 38.7 Å². The van der Waals surface area contributed by atoms with Gasteiger partial charge in [-0.2, -0.15) is 0 Å². The predicted octanol–water partition coefficient (Wildman–Crippen LogP) is -0.603. The number of aliphatic hydroxyl groups excluding tert-OH is 2. The molecule has 3 N–H and O–H groups in total. The number of nitrogens with zero attached hydrogens (tertiary/aromatic N) is 2. The summed E-state index contributed by atoms with van der Waals surface area (Å²) in [6, 6.07) is 0. The van der Waals surface area contributed by atoms with E-state index in [1.54, 1.807) is 0 Å². The minimum Gasteiger partial charge on any atom is -0.390 e. The SMILES string of the molecule is CC(=O)NCCC(O)C(O)c1cnccn1. The maximum atomic E-state index is 10.6. The Morgan fingerprint density at radius 3 is 2.81 bits per heavy atom. The highest BCUT2D eigenvalue weighted by molar-refractivity contribution is 5.72. The third-order valence-electron chi connectivity index (χ3n) is 2.06. The van der Waals surface area contributed by atoms with E-state index < -0.39 is 12.2 Å². The number of aliphatic hydroxyl groups is 2. The van der Waals surface area contributed by atoms with E-state index in [-0.39, 0.29) is 12.3 Å². The Morgan fingerprint density at radius 2 is 2.25 bits per heavy atom. The van der Waals surface area contributed by atoms with Gasteiger partial charge in [-0.1, -0.05) is 0 Å². The van der Waals surface area contributed by atoms with Crippen LogP contribution in [0.1, 0.15) is 25.1 Å². The van der Waals surface area contributed by atoms with Crippen LogP contribution in [0.15, 0.2) is 18.6 Å². The molecule has 1 amide bonds. The van der Waals surface area contributed by atoms with Crippen molar-refractivity contribution in [2.45, 2.75) is 25.6 Å². The Morgan fingerprint density at radius 1 is 1.50 bits per heavy atom. The molecule has 0 aliphatic carbocycles. The summed E-state index contributed by atoms with van der Waals surface area (Å²) in [5.74, 6) is -0.166. The molecule has 0 aliphatic rings. The molecule has 0 bridgehead atoms. The van der Waals surface area contributed by atoms with Gasteiger partial charge in [-0.25, -0.2) is 0 Å². The van der Waals surface area contributed by atoms with Crippen LogP contribution in [0.3, 0.4) is 0 Å². The van der Waals surface area contributed by atoms with E-state index in [1.807, 2.05) is 0 Å². The van der Waals surface area contributed by atoms with Crippen LogP contribution in [0, 0.1) is 0 Å². The molecule has 1 heterocycles. The standard InChI is InChI=1S/C10H15N3O3/c1-7(14)12-3-2-9(15)10(16)8-6-11-4-5-13-8/h4-6,9-10,15-16H,2-3H2,1H3,(H,12,14). The molecule has 0 saturated carbocycles. The number of amides is 1. The second kappa shape index (κ2) is 6.14. The van der Waals surface area contributed by atoms with Gasteiger partial charge in [0, 0.05) is 25.9 Å². The predicted molar refractivity (Wildman–Crippen MR) is 56.3 cm³/mol. The monoisotopic (exact) mass is 225 g/mol. The van der Waals surface area contributed by atoms with Gasteiger partial charge in [0.05, 0.1) is 18.0 Å². The van der Waals surface area contributed by atoms with Crippen LogP contribution in [0.4, 0.5) is 0 Å².